The third-order valence-corrected chi connectivity index (χ3v) is 4.18. The van der Waals surface area contributed by atoms with Crippen LogP contribution in [0.5, 0.6) is 0 Å². The van der Waals surface area contributed by atoms with E-state index in [2.05, 4.69) is 0 Å². The van der Waals surface area contributed by atoms with Gasteiger partial charge >= 0.3 is 109 Å². The van der Waals surface area contributed by atoms with Gasteiger partial charge in [-0.1, -0.05) is 0 Å². The molecule has 1 unspecified atom stereocenters. The standard InChI is InChI=1S/C11H17O4.Sn.H/c1-2-13-10(12)9-3-5-11(6-4-9)14-7-8-15-11;;/h7,9H,2-6,8H2,1H3;;. The van der Waals surface area contributed by atoms with Crippen molar-refractivity contribution in [3.05, 3.63) is 0 Å². The topological polar surface area (TPSA) is 44.8 Å². The molecule has 2 rings (SSSR count). The summed E-state index contributed by atoms with van der Waals surface area (Å²) in [5.41, 5.74) is 0. The fourth-order valence-corrected chi connectivity index (χ4v) is 3.38. The second-order valence-electron chi connectivity index (χ2n) is 4.40. The molecule has 1 atom stereocenters. The molecule has 2 radical (unpaired) electrons. The Balaban J connectivity index is 1.85. The van der Waals surface area contributed by atoms with Crippen molar-refractivity contribution in [1.29, 1.82) is 0 Å². The van der Waals surface area contributed by atoms with Crippen LogP contribution in [-0.4, -0.2) is 51.6 Å². The van der Waals surface area contributed by atoms with Crippen molar-refractivity contribution in [1.82, 2.24) is 0 Å². The maximum absolute atomic E-state index is 11.6. The first-order valence-corrected chi connectivity index (χ1v) is 7.79. The Labute approximate surface area is 109 Å². The number of esters is 1. The van der Waals surface area contributed by atoms with Gasteiger partial charge in [0.2, 0.25) is 0 Å². The van der Waals surface area contributed by atoms with Crippen LogP contribution in [0.2, 0.25) is 0 Å². The molecule has 0 aromatic heterocycles. The summed E-state index contributed by atoms with van der Waals surface area (Å²) in [4.78, 5) is 11.6. The van der Waals surface area contributed by atoms with Gasteiger partial charge in [-0.05, 0) is 0 Å². The quantitative estimate of drug-likeness (QED) is 0.552. The molecule has 0 aromatic carbocycles. The van der Waals surface area contributed by atoms with Crippen molar-refractivity contribution in [2.75, 3.05) is 13.2 Å². The summed E-state index contributed by atoms with van der Waals surface area (Å²) in [6, 6.07) is 0. The summed E-state index contributed by atoms with van der Waals surface area (Å²) < 4.78 is 17.0. The molecule has 16 heavy (non-hydrogen) atoms. The zero-order valence-electron chi connectivity index (χ0n) is 9.61. The molecule has 1 aliphatic carbocycles. The van der Waals surface area contributed by atoms with E-state index in [-0.39, 0.29) is 17.7 Å². The van der Waals surface area contributed by atoms with Gasteiger partial charge in [-0.25, -0.2) is 0 Å². The fourth-order valence-electron chi connectivity index (χ4n) is 2.39. The minimum atomic E-state index is -0.368. The van der Waals surface area contributed by atoms with E-state index in [1.807, 2.05) is 6.92 Å². The second-order valence-corrected chi connectivity index (χ2v) is 6.53. The van der Waals surface area contributed by atoms with E-state index < -0.39 is 0 Å². The molecule has 90 valence electrons. The van der Waals surface area contributed by atoms with Gasteiger partial charge in [-0.2, -0.15) is 0 Å². The van der Waals surface area contributed by atoms with E-state index in [1.165, 1.54) is 0 Å². The van der Waals surface area contributed by atoms with Crippen LogP contribution < -0.4 is 0 Å². The zero-order valence-corrected chi connectivity index (χ0v) is 12.9. The zero-order chi connectivity index (χ0) is 11.6. The average Bonchev–Trinajstić information content (AvgIpc) is 2.61. The van der Waals surface area contributed by atoms with Crippen LogP contribution in [-0.2, 0) is 19.0 Å². The van der Waals surface area contributed by atoms with Gasteiger partial charge < -0.3 is 0 Å². The van der Waals surface area contributed by atoms with Crippen LogP contribution in [0.3, 0.4) is 0 Å². The summed E-state index contributed by atoms with van der Waals surface area (Å²) >= 11 is 1.08. The minimum absolute atomic E-state index is 0.0464. The van der Waals surface area contributed by atoms with Crippen LogP contribution >= 0.6 is 0 Å². The molecule has 5 heteroatoms. The Morgan fingerprint density at radius 1 is 1.50 bits per heavy atom. The Kier molecular flexibility index (Phi) is 4.13. The Bertz CT molecular complexity index is 261. The van der Waals surface area contributed by atoms with Crippen molar-refractivity contribution < 1.29 is 19.0 Å². The van der Waals surface area contributed by atoms with Crippen molar-refractivity contribution in [3.8, 4) is 0 Å². The Hall–Kier alpha value is 0.189. The van der Waals surface area contributed by atoms with Gasteiger partial charge in [0, 0.05) is 0 Å². The predicted octanol–water partition coefficient (Wildman–Crippen LogP) is 0.710. The number of carbonyl (C=O) groups excluding carboxylic acids is 1. The molecular weight excluding hydrogens is 315 g/mol. The van der Waals surface area contributed by atoms with Crippen LogP contribution in [0.25, 0.3) is 0 Å². The van der Waals surface area contributed by atoms with Gasteiger partial charge in [0.25, 0.3) is 0 Å². The van der Waals surface area contributed by atoms with E-state index >= 15 is 0 Å². The Morgan fingerprint density at radius 3 is 2.69 bits per heavy atom. The molecule has 1 saturated carbocycles. The van der Waals surface area contributed by atoms with Crippen LogP contribution in [0.1, 0.15) is 32.6 Å². The van der Waals surface area contributed by atoms with Crippen molar-refractivity contribution in [2.45, 2.75) is 42.5 Å². The molecule has 1 spiro atoms. The molecular formula is C11H18O4Sn. The molecule has 1 saturated heterocycles. The monoisotopic (exact) mass is 334 g/mol. The number of rotatable bonds is 2. The van der Waals surface area contributed by atoms with E-state index in [0.717, 1.165) is 54.8 Å². The van der Waals surface area contributed by atoms with E-state index in [4.69, 9.17) is 14.2 Å². The molecule has 1 aliphatic heterocycles. The van der Waals surface area contributed by atoms with E-state index in [1.54, 1.807) is 0 Å². The van der Waals surface area contributed by atoms with Gasteiger partial charge in [0.15, 0.2) is 0 Å². The summed E-state index contributed by atoms with van der Waals surface area (Å²) in [6.07, 6.45) is 3.31. The summed E-state index contributed by atoms with van der Waals surface area (Å²) in [5, 5.41) is 0. The predicted molar refractivity (Wildman–Crippen MR) is 59.3 cm³/mol. The second kappa shape index (κ2) is 5.23. The third-order valence-electron chi connectivity index (χ3n) is 3.24. The SMILES string of the molecule is CCOC(=O)C1CCC2(CC1)OC[CH]([SnH])O2. The third kappa shape index (κ3) is 2.71. The first kappa shape index (κ1) is 12.6. The van der Waals surface area contributed by atoms with Crippen LogP contribution in [0.4, 0.5) is 0 Å². The first-order chi connectivity index (χ1) is 7.65. The number of ether oxygens (including phenoxy) is 3. The molecule has 0 bridgehead atoms. The van der Waals surface area contributed by atoms with Crippen molar-refractivity contribution in [3.63, 3.8) is 0 Å². The molecule has 0 N–H and O–H groups in total. The number of hydrogen-bond donors (Lipinski definition) is 0. The average molecular weight is 333 g/mol. The first-order valence-electron chi connectivity index (χ1n) is 5.89. The van der Waals surface area contributed by atoms with Crippen LogP contribution in [0, 0.1) is 5.92 Å². The summed E-state index contributed by atoms with van der Waals surface area (Å²) in [6.45, 7) is 3.04. The summed E-state index contributed by atoms with van der Waals surface area (Å²) in [5.74, 6) is -0.380. The van der Waals surface area contributed by atoms with Gasteiger partial charge in [0.1, 0.15) is 0 Å². The molecule has 2 fully saturated rings. The van der Waals surface area contributed by atoms with Gasteiger partial charge in [-0.15, -0.1) is 0 Å². The van der Waals surface area contributed by atoms with E-state index in [9.17, 15) is 4.79 Å². The van der Waals surface area contributed by atoms with Crippen LogP contribution in [0.15, 0.2) is 0 Å². The number of carbonyl (C=O) groups is 1. The molecule has 1 heterocycles. The molecule has 2 aliphatic rings. The van der Waals surface area contributed by atoms with Gasteiger partial charge in [-0.3, -0.25) is 0 Å². The summed E-state index contributed by atoms with van der Waals surface area (Å²) in [7, 11) is 0. The van der Waals surface area contributed by atoms with Gasteiger partial charge in [0.05, 0.1) is 0 Å². The maximum atomic E-state index is 11.6. The molecule has 4 nitrogen and oxygen atoms in total. The molecule has 0 aromatic rings. The molecule has 0 amide bonds. The number of hydrogen-bond acceptors (Lipinski definition) is 4. The van der Waals surface area contributed by atoms with E-state index in [0.29, 0.717) is 10.7 Å². The van der Waals surface area contributed by atoms with Crippen molar-refractivity contribution in [2.24, 2.45) is 5.92 Å². The normalized spacial score (nSPS) is 38.9. The Morgan fingerprint density at radius 2 is 2.19 bits per heavy atom. The van der Waals surface area contributed by atoms with Crippen molar-refractivity contribution >= 4 is 28.5 Å². The fraction of sp³-hybridized carbons (Fsp3) is 0.909.